The zero-order valence-corrected chi connectivity index (χ0v) is 7.74. The van der Waals surface area contributed by atoms with E-state index in [0.717, 1.165) is 5.76 Å². The Morgan fingerprint density at radius 3 is 3.08 bits per heavy atom. The quantitative estimate of drug-likeness (QED) is 0.710. The van der Waals surface area contributed by atoms with Gasteiger partial charge in [-0.15, -0.1) is 0 Å². The van der Waals surface area contributed by atoms with Crippen LogP contribution in [0.4, 0.5) is 0 Å². The minimum absolute atomic E-state index is 0.0223. The first-order valence-electron chi connectivity index (χ1n) is 4.07. The van der Waals surface area contributed by atoms with E-state index in [2.05, 4.69) is 10.1 Å². The molecule has 72 valence electrons. The van der Waals surface area contributed by atoms with Gasteiger partial charge in [0.2, 0.25) is 0 Å². The monoisotopic (exact) mass is 183 g/mol. The molecule has 0 saturated heterocycles. The summed E-state index contributed by atoms with van der Waals surface area (Å²) < 4.78 is 9.63. The van der Waals surface area contributed by atoms with Gasteiger partial charge in [-0.2, -0.15) is 0 Å². The Bertz CT molecular complexity index is 256. The fourth-order valence-corrected chi connectivity index (χ4v) is 0.947. The summed E-state index contributed by atoms with van der Waals surface area (Å²) >= 11 is 0. The first-order valence-corrected chi connectivity index (χ1v) is 4.07. The topological polar surface area (TPSA) is 51.5 Å². The smallest absolute Gasteiger partial charge is 0.319 e. The number of esters is 1. The maximum absolute atomic E-state index is 10.8. The summed E-state index contributed by atoms with van der Waals surface area (Å²) in [6, 6.07) is 3.69. The second kappa shape index (κ2) is 4.67. The van der Waals surface area contributed by atoms with Crippen molar-refractivity contribution in [2.75, 3.05) is 13.7 Å². The molecule has 1 rings (SSSR count). The number of methoxy groups -OCH3 is 1. The number of rotatable bonds is 4. The standard InChI is InChI=1S/C9H13NO3/c1-7(8-4-3-5-13-8)10-6-9(11)12-2/h3-5,7,10H,6H2,1-2H3/t7-/m0/s1. The summed E-state index contributed by atoms with van der Waals surface area (Å²) in [6.07, 6.45) is 1.60. The molecule has 0 aliphatic carbocycles. The van der Waals surface area contributed by atoms with Gasteiger partial charge in [0.25, 0.3) is 0 Å². The summed E-state index contributed by atoms with van der Waals surface area (Å²) in [5.74, 6) is 0.530. The van der Waals surface area contributed by atoms with Crippen LogP contribution in [-0.2, 0) is 9.53 Å². The molecule has 0 amide bonds. The minimum Gasteiger partial charge on any atom is -0.468 e. The lowest BCUT2D eigenvalue weighted by Gasteiger charge is -2.09. The number of furan rings is 1. The fourth-order valence-electron chi connectivity index (χ4n) is 0.947. The van der Waals surface area contributed by atoms with Crippen molar-refractivity contribution in [3.8, 4) is 0 Å². The molecule has 0 spiro atoms. The highest BCUT2D eigenvalue weighted by Crippen LogP contribution is 2.11. The number of carbonyl (C=O) groups is 1. The number of hydrogen-bond acceptors (Lipinski definition) is 4. The highest BCUT2D eigenvalue weighted by molar-refractivity contribution is 5.71. The van der Waals surface area contributed by atoms with Gasteiger partial charge < -0.3 is 9.15 Å². The Morgan fingerprint density at radius 2 is 2.54 bits per heavy atom. The Balaban J connectivity index is 2.34. The molecular formula is C9H13NO3. The third-order valence-corrected chi connectivity index (χ3v) is 1.75. The summed E-state index contributed by atoms with van der Waals surface area (Å²) in [4.78, 5) is 10.8. The average Bonchev–Trinajstić information content (AvgIpc) is 2.66. The van der Waals surface area contributed by atoms with Gasteiger partial charge in [-0.3, -0.25) is 10.1 Å². The number of nitrogens with one attached hydrogen (secondary N) is 1. The van der Waals surface area contributed by atoms with Gasteiger partial charge in [0.05, 0.1) is 26.0 Å². The lowest BCUT2D eigenvalue weighted by atomic mass is 10.2. The summed E-state index contributed by atoms with van der Waals surface area (Å²) in [7, 11) is 1.36. The fraction of sp³-hybridized carbons (Fsp3) is 0.444. The maximum atomic E-state index is 10.8. The van der Waals surface area contributed by atoms with E-state index in [1.807, 2.05) is 19.1 Å². The summed E-state index contributed by atoms with van der Waals surface area (Å²) in [5.41, 5.74) is 0. The van der Waals surface area contributed by atoms with Gasteiger partial charge in [0.15, 0.2) is 0 Å². The van der Waals surface area contributed by atoms with Crippen molar-refractivity contribution in [2.45, 2.75) is 13.0 Å². The van der Waals surface area contributed by atoms with Crippen molar-refractivity contribution in [3.63, 3.8) is 0 Å². The molecule has 0 unspecified atom stereocenters. The van der Waals surface area contributed by atoms with Crippen molar-refractivity contribution >= 4 is 5.97 Å². The largest absolute Gasteiger partial charge is 0.468 e. The first kappa shape index (κ1) is 9.80. The van der Waals surface area contributed by atoms with Crippen LogP contribution < -0.4 is 5.32 Å². The highest BCUT2D eigenvalue weighted by Gasteiger charge is 2.09. The minimum atomic E-state index is -0.279. The SMILES string of the molecule is COC(=O)CN[C@@H](C)c1ccco1. The van der Waals surface area contributed by atoms with Crippen molar-refractivity contribution in [1.82, 2.24) is 5.32 Å². The second-order valence-corrected chi connectivity index (χ2v) is 2.69. The van der Waals surface area contributed by atoms with Crippen molar-refractivity contribution in [3.05, 3.63) is 24.2 Å². The molecule has 13 heavy (non-hydrogen) atoms. The lowest BCUT2D eigenvalue weighted by molar-refractivity contribution is -0.139. The lowest BCUT2D eigenvalue weighted by Crippen LogP contribution is -2.26. The molecule has 1 atom stereocenters. The van der Waals surface area contributed by atoms with Gasteiger partial charge in [0.1, 0.15) is 5.76 Å². The summed E-state index contributed by atoms with van der Waals surface area (Å²) in [6.45, 7) is 2.11. The van der Waals surface area contributed by atoms with Crippen LogP contribution in [0.15, 0.2) is 22.8 Å². The second-order valence-electron chi connectivity index (χ2n) is 2.69. The average molecular weight is 183 g/mol. The Labute approximate surface area is 76.9 Å². The van der Waals surface area contributed by atoms with E-state index in [9.17, 15) is 4.79 Å². The molecular weight excluding hydrogens is 170 g/mol. The van der Waals surface area contributed by atoms with Crippen LogP contribution in [0.5, 0.6) is 0 Å². The van der Waals surface area contributed by atoms with Gasteiger partial charge in [-0.25, -0.2) is 0 Å². The number of hydrogen-bond donors (Lipinski definition) is 1. The van der Waals surface area contributed by atoms with Gasteiger partial charge in [0, 0.05) is 0 Å². The van der Waals surface area contributed by atoms with Gasteiger partial charge >= 0.3 is 5.97 Å². The molecule has 1 heterocycles. The van der Waals surface area contributed by atoms with Crippen LogP contribution in [0.1, 0.15) is 18.7 Å². The Hall–Kier alpha value is -1.29. The molecule has 0 bridgehead atoms. The summed E-state index contributed by atoms with van der Waals surface area (Å²) in [5, 5.41) is 2.97. The van der Waals surface area contributed by atoms with E-state index in [0.29, 0.717) is 0 Å². The molecule has 0 radical (unpaired) electrons. The zero-order chi connectivity index (χ0) is 9.68. The van der Waals surface area contributed by atoms with Crippen LogP contribution in [0.25, 0.3) is 0 Å². The third-order valence-electron chi connectivity index (χ3n) is 1.75. The molecule has 1 N–H and O–H groups in total. The van der Waals surface area contributed by atoms with Crippen LogP contribution >= 0.6 is 0 Å². The van der Waals surface area contributed by atoms with Gasteiger partial charge in [-0.05, 0) is 19.1 Å². The molecule has 1 aromatic heterocycles. The van der Waals surface area contributed by atoms with Crippen LogP contribution in [0, 0.1) is 0 Å². The van der Waals surface area contributed by atoms with Crippen molar-refractivity contribution in [2.24, 2.45) is 0 Å². The Morgan fingerprint density at radius 1 is 1.77 bits per heavy atom. The van der Waals surface area contributed by atoms with E-state index in [1.165, 1.54) is 7.11 Å². The van der Waals surface area contributed by atoms with Gasteiger partial charge in [-0.1, -0.05) is 0 Å². The predicted molar refractivity (Wildman–Crippen MR) is 47.1 cm³/mol. The first-order chi connectivity index (χ1) is 6.24. The molecule has 1 aromatic rings. The van der Waals surface area contributed by atoms with Crippen molar-refractivity contribution < 1.29 is 13.9 Å². The number of ether oxygens (including phenoxy) is 1. The molecule has 0 aliphatic rings. The van der Waals surface area contributed by atoms with E-state index in [4.69, 9.17) is 4.42 Å². The van der Waals surface area contributed by atoms with Crippen LogP contribution in [-0.4, -0.2) is 19.6 Å². The zero-order valence-electron chi connectivity index (χ0n) is 7.74. The Kier molecular flexibility index (Phi) is 3.52. The highest BCUT2D eigenvalue weighted by atomic mass is 16.5. The van der Waals surface area contributed by atoms with E-state index in [-0.39, 0.29) is 18.6 Å². The molecule has 0 aliphatic heterocycles. The molecule has 0 fully saturated rings. The number of carbonyl (C=O) groups excluding carboxylic acids is 1. The van der Waals surface area contributed by atoms with E-state index < -0.39 is 0 Å². The maximum Gasteiger partial charge on any atom is 0.319 e. The van der Waals surface area contributed by atoms with Crippen LogP contribution in [0.3, 0.4) is 0 Å². The van der Waals surface area contributed by atoms with E-state index in [1.54, 1.807) is 6.26 Å². The third kappa shape index (κ3) is 2.91. The van der Waals surface area contributed by atoms with Crippen LogP contribution in [0.2, 0.25) is 0 Å². The molecule has 0 saturated carbocycles. The predicted octanol–water partition coefficient (Wildman–Crippen LogP) is 1.10. The molecule has 0 aromatic carbocycles. The van der Waals surface area contributed by atoms with E-state index >= 15 is 0 Å². The normalized spacial score (nSPS) is 12.5. The molecule has 4 nitrogen and oxygen atoms in total. The molecule has 4 heteroatoms. The van der Waals surface area contributed by atoms with Crippen molar-refractivity contribution in [1.29, 1.82) is 0 Å².